The molecule has 0 atom stereocenters. The maximum absolute atomic E-state index is 6.45. The highest BCUT2D eigenvalue weighted by atomic mass is 35.5. The lowest BCUT2D eigenvalue weighted by Crippen LogP contribution is -1.83. The first kappa shape index (κ1) is 60.3. The highest BCUT2D eigenvalue weighted by Gasteiger charge is 2.18. The van der Waals surface area contributed by atoms with Crippen LogP contribution in [-0.2, 0) is 0 Å². The minimum absolute atomic E-state index is 0.717. The number of benzene rings is 15. The predicted molar refractivity (Wildman–Crippen MR) is 411 cm³/mol. The Morgan fingerprint density at radius 3 is 1.23 bits per heavy atom. The summed E-state index contributed by atoms with van der Waals surface area (Å²) in [6.45, 7) is 0. The maximum atomic E-state index is 6.45. The fraction of sp³-hybridized carbons (Fsp3) is 0. The smallest absolute Gasteiger partial charge is 0.143 e. The van der Waals surface area contributed by atoms with Crippen molar-refractivity contribution in [3.63, 3.8) is 0 Å². The van der Waals surface area contributed by atoms with Gasteiger partial charge in [-0.25, -0.2) is 0 Å². The van der Waals surface area contributed by atoms with Crippen LogP contribution < -0.4 is 0 Å². The number of furan rings is 3. The molecule has 19 aromatic rings. The SMILES string of the molecule is Clc1cc(-c2ccccc2)cc(-c2cccc3c2oc2ccccc23)c1.Clc1ccc(-c2cccc3c2oc2ccccc23)cc1.Clc1ccc(-c2cccc3c2sc2ccccc23)c2ccccc12.Clc1cccc(-c2cccc(-c3cccc4c3oc3ccccc34)c2)c1. The van der Waals surface area contributed by atoms with Crippen molar-refractivity contribution in [2.24, 2.45) is 0 Å². The Bertz CT molecular complexity index is 6100. The van der Waals surface area contributed by atoms with Gasteiger partial charge in [-0.3, -0.25) is 0 Å². The van der Waals surface area contributed by atoms with Gasteiger partial charge in [0.2, 0.25) is 0 Å². The highest BCUT2D eigenvalue weighted by Crippen LogP contribution is 2.45. The van der Waals surface area contributed by atoms with E-state index in [2.05, 4.69) is 188 Å². The molecule has 3 nitrogen and oxygen atoms in total. The first-order valence-corrected chi connectivity index (χ1v) is 33.8. The molecule has 15 aromatic carbocycles. The average molecular weight is 1330 g/mol. The molecule has 4 aromatic heterocycles. The van der Waals surface area contributed by atoms with E-state index in [1.165, 1.54) is 36.7 Å². The Labute approximate surface area is 577 Å². The zero-order valence-corrected chi connectivity index (χ0v) is 55.2. The lowest BCUT2D eigenvalue weighted by molar-refractivity contribution is 0.669. The van der Waals surface area contributed by atoms with Crippen molar-refractivity contribution >= 4 is 155 Å². The number of para-hydroxylation sites is 6. The topological polar surface area (TPSA) is 39.4 Å². The molecule has 0 radical (unpaired) electrons. The molecule has 8 heteroatoms. The summed E-state index contributed by atoms with van der Waals surface area (Å²) < 4.78 is 21.1. The Morgan fingerprint density at radius 1 is 0.208 bits per heavy atom. The van der Waals surface area contributed by atoms with E-state index in [4.69, 9.17) is 59.7 Å². The van der Waals surface area contributed by atoms with E-state index in [0.29, 0.717) is 0 Å². The van der Waals surface area contributed by atoms with E-state index in [0.717, 1.165) is 147 Å². The summed E-state index contributed by atoms with van der Waals surface area (Å²) in [7, 11) is 0. The summed E-state index contributed by atoms with van der Waals surface area (Å²) in [5.41, 5.74) is 19.0. The normalized spacial score (nSPS) is 11.3. The molecule has 4 heterocycles. The van der Waals surface area contributed by atoms with Crippen LogP contribution in [0, 0.1) is 0 Å². The van der Waals surface area contributed by atoms with Crippen molar-refractivity contribution in [1.29, 1.82) is 0 Å². The lowest BCUT2D eigenvalue weighted by atomic mass is 9.97. The fourth-order valence-corrected chi connectivity index (χ4v) is 15.1. The molecule has 0 bridgehead atoms. The molecule has 0 saturated heterocycles. The zero-order chi connectivity index (χ0) is 64.6. The monoisotopic (exact) mass is 1330 g/mol. The van der Waals surface area contributed by atoms with Crippen LogP contribution in [-0.4, -0.2) is 0 Å². The van der Waals surface area contributed by atoms with Crippen molar-refractivity contribution in [2.45, 2.75) is 0 Å². The summed E-state index contributed by atoms with van der Waals surface area (Å²) in [5.74, 6) is 0. The minimum atomic E-state index is 0.717. The van der Waals surface area contributed by atoms with Crippen LogP contribution in [0.2, 0.25) is 20.1 Å². The lowest BCUT2D eigenvalue weighted by Gasteiger charge is -2.09. The largest absolute Gasteiger partial charge is 0.455 e. The van der Waals surface area contributed by atoms with E-state index in [1.807, 2.05) is 151 Å². The second-order valence-electron chi connectivity index (χ2n) is 23.5. The molecule has 19 rings (SSSR count). The molecule has 0 aliphatic carbocycles. The van der Waals surface area contributed by atoms with Crippen molar-refractivity contribution in [1.82, 2.24) is 0 Å². The summed E-state index contributed by atoms with van der Waals surface area (Å²) >= 11 is 26.8. The Balaban J connectivity index is 0.000000101. The zero-order valence-electron chi connectivity index (χ0n) is 51.3. The molecular formula is C88H54Cl4O3S. The third-order valence-corrected chi connectivity index (χ3v) is 19.8. The van der Waals surface area contributed by atoms with Gasteiger partial charge in [0.15, 0.2) is 0 Å². The third-order valence-electron chi connectivity index (χ3n) is 17.6. The van der Waals surface area contributed by atoms with Gasteiger partial charge in [0.1, 0.15) is 33.5 Å². The summed E-state index contributed by atoms with van der Waals surface area (Å²) in [5, 5.41) is 14.8. The third kappa shape index (κ3) is 11.7. The number of hydrogen-bond donors (Lipinski definition) is 0. The van der Waals surface area contributed by atoms with Gasteiger partial charge in [0.25, 0.3) is 0 Å². The molecule has 0 aliphatic heterocycles. The molecule has 0 fully saturated rings. The van der Waals surface area contributed by atoms with Crippen molar-refractivity contribution in [2.75, 3.05) is 0 Å². The number of halogens is 4. The van der Waals surface area contributed by atoms with Crippen LogP contribution in [0.15, 0.2) is 341 Å². The van der Waals surface area contributed by atoms with Gasteiger partial charge in [0.05, 0.1) is 0 Å². The van der Waals surface area contributed by atoms with Crippen LogP contribution in [0.1, 0.15) is 0 Å². The molecule has 0 amide bonds. The first-order valence-electron chi connectivity index (χ1n) is 31.5. The van der Waals surface area contributed by atoms with E-state index >= 15 is 0 Å². The molecular weight excluding hydrogens is 1280 g/mol. The standard InChI is InChI=1S/2C24H15ClO.C22H13ClS.C18H11ClO/c25-19-9-4-7-17(15-19)16-6-3-8-18(14-16)20-11-5-12-22-21-10-1-2-13-23(21)26-24(20)22;25-19-14-17(16-7-2-1-3-8-16)13-18(15-19)20-10-6-11-22-21-9-4-5-12-23(21)26-24(20)22;23-20-13-12-15(14-6-1-2-7-16(14)20)18-9-5-10-19-17-8-3-4-11-21(17)24-22(18)19;19-13-10-8-12(9-11-13)14-5-3-6-16-15-4-1-2-7-17(15)20-18(14)16/h2*1-15H;1-13H;1-11H. The fourth-order valence-electron chi connectivity index (χ4n) is 13.1. The summed E-state index contributed by atoms with van der Waals surface area (Å²) in [6.07, 6.45) is 0. The minimum Gasteiger partial charge on any atom is -0.455 e. The van der Waals surface area contributed by atoms with Gasteiger partial charge in [0, 0.05) is 100 Å². The average Bonchev–Trinajstić information content (AvgIpc) is 1.57. The second kappa shape index (κ2) is 26.3. The molecule has 0 unspecified atom stereocenters. The van der Waals surface area contributed by atoms with Gasteiger partial charge in [-0.05, 0) is 129 Å². The number of fused-ring (bicyclic) bond motifs is 13. The molecule has 0 spiro atoms. The van der Waals surface area contributed by atoms with Gasteiger partial charge in [-0.2, -0.15) is 0 Å². The predicted octanol–water partition coefficient (Wildman–Crippen LogP) is 28.6. The van der Waals surface area contributed by atoms with E-state index in [9.17, 15) is 0 Å². The van der Waals surface area contributed by atoms with Crippen LogP contribution >= 0.6 is 57.7 Å². The van der Waals surface area contributed by atoms with Gasteiger partial charge in [-0.15, -0.1) is 11.3 Å². The van der Waals surface area contributed by atoms with Crippen LogP contribution in [0.5, 0.6) is 0 Å². The summed E-state index contributed by atoms with van der Waals surface area (Å²) in [4.78, 5) is 0. The van der Waals surface area contributed by atoms with Crippen LogP contribution in [0.4, 0.5) is 0 Å². The number of thiophene rings is 1. The van der Waals surface area contributed by atoms with Gasteiger partial charge >= 0.3 is 0 Å². The Hall–Kier alpha value is -10.7. The molecule has 0 N–H and O–H groups in total. The maximum Gasteiger partial charge on any atom is 0.143 e. The molecule has 0 aliphatic rings. The highest BCUT2D eigenvalue weighted by molar-refractivity contribution is 7.26. The summed E-state index contributed by atoms with van der Waals surface area (Å²) in [6, 6.07) is 112. The first-order chi connectivity index (χ1) is 47.2. The van der Waals surface area contributed by atoms with Gasteiger partial charge in [-0.1, -0.05) is 295 Å². The second-order valence-corrected chi connectivity index (χ2v) is 26.2. The Morgan fingerprint density at radius 2 is 0.625 bits per heavy atom. The van der Waals surface area contributed by atoms with Crippen LogP contribution in [0.3, 0.4) is 0 Å². The van der Waals surface area contributed by atoms with Crippen LogP contribution in [0.25, 0.3) is 164 Å². The van der Waals surface area contributed by atoms with Crippen molar-refractivity contribution < 1.29 is 13.3 Å². The molecule has 96 heavy (non-hydrogen) atoms. The molecule has 0 saturated carbocycles. The quantitative estimate of drug-likeness (QED) is 0.167. The van der Waals surface area contributed by atoms with Crippen molar-refractivity contribution in [3.8, 4) is 66.8 Å². The number of rotatable bonds is 6. The van der Waals surface area contributed by atoms with E-state index in [1.54, 1.807) is 0 Å². The van der Waals surface area contributed by atoms with E-state index < -0.39 is 0 Å². The molecule has 458 valence electrons. The Kier molecular flexibility index (Phi) is 16.5. The number of hydrogen-bond acceptors (Lipinski definition) is 4. The van der Waals surface area contributed by atoms with Gasteiger partial charge < -0.3 is 13.3 Å². The van der Waals surface area contributed by atoms with Crippen molar-refractivity contribution in [3.05, 3.63) is 348 Å². The van der Waals surface area contributed by atoms with E-state index in [-0.39, 0.29) is 0 Å².